The first-order chi connectivity index (χ1) is 9.83. The highest BCUT2D eigenvalue weighted by Crippen LogP contribution is 2.31. The van der Waals surface area contributed by atoms with Crippen molar-refractivity contribution in [3.05, 3.63) is 10.7 Å². The molecule has 11 heteroatoms. The van der Waals surface area contributed by atoms with Gasteiger partial charge in [-0.1, -0.05) is 22.9 Å². The zero-order valence-electron chi connectivity index (χ0n) is 10.6. The molecule has 3 rings (SSSR count). The summed E-state index contributed by atoms with van der Waals surface area (Å²) < 4.78 is 26.3. The van der Waals surface area contributed by atoms with Crippen LogP contribution in [0.15, 0.2) is 10.4 Å². The number of rotatable bonds is 2. The third kappa shape index (κ3) is 2.41. The number of carbonyl (C=O) groups excluding carboxylic acids is 2. The number of nitrogens with one attached hydrogen (secondary N) is 2. The monoisotopic (exact) mass is 350 g/mol. The van der Waals surface area contributed by atoms with Crippen LogP contribution in [0.2, 0.25) is 4.47 Å². The van der Waals surface area contributed by atoms with Gasteiger partial charge in [0.15, 0.2) is 8.68 Å². The molecule has 0 bridgehead atoms. The van der Waals surface area contributed by atoms with Crippen LogP contribution in [0.1, 0.15) is 12.8 Å². The fourth-order valence-electron chi connectivity index (χ4n) is 2.47. The number of imide groups is 1. The van der Waals surface area contributed by atoms with E-state index in [9.17, 15) is 18.0 Å². The van der Waals surface area contributed by atoms with E-state index in [-0.39, 0.29) is 34.6 Å². The summed E-state index contributed by atoms with van der Waals surface area (Å²) in [5, 5.41) is 4.77. The van der Waals surface area contributed by atoms with Crippen molar-refractivity contribution < 1.29 is 18.0 Å². The standard InChI is InChI=1S/C10H11ClN4O4S2/c11-8-12-5-6(20-8)21(18,19)15-3-1-10(2-4-15)7(16)13-9(17)14-10/h5H,1-4H2,(H2,13,14,16,17). The summed E-state index contributed by atoms with van der Waals surface area (Å²) in [5.41, 5.74) is -0.992. The molecule has 8 nitrogen and oxygen atoms in total. The Morgan fingerprint density at radius 2 is 2.00 bits per heavy atom. The number of piperidine rings is 1. The number of urea groups is 1. The molecule has 0 atom stereocenters. The van der Waals surface area contributed by atoms with Gasteiger partial charge in [0.1, 0.15) is 5.54 Å². The predicted octanol–water partition coefficient (Wildman–Crippen LogP) is 0.159. The van der Waals surface area contributed by atoms with E-state index in [0.717, 1.165) is 11.3 Å². The normalized spacial score (nSPS) is 22.3. The zero-order chi connectivity index (χ0) is 15.3. The molecule has 2 aliphatic heterocycles. The number of hydrogen-bond donors (Lipinski definition) is 2. The van der Waals surface area contributed by atoms with Gasteiger partial charge in [-0.05, 0) is 12.8 Å². The second-order valence-electron chi connectivity index (χ2n) is 4.83. The zero-order valence-corrected chi connectivity index (χ0v) is 13.0. The Bertz CT molecular complexity index is 708. The van der Waals surface area contributed by atoms with Crippen LogP contribution in [0.4, 0.5) is 4.79 Å². The number of aromatic nitrogens is 1. The average molecular weight is 351 g/mol. The van der Waals surface area contributed by atoms with Gasteiger partial charge in [0.2, 0.25) is 0 Å². The molecule has 114 valence electrons. The molecule has 0 aromatic carbocycles. The van der Waals surface area contributed by atoms with Gasteiger partial charge in [0, 0.05) is 13.1 Å². The van der Waals surface area contributed by atoms with Gasteiger partial charge in [-0.25, -0.2) is 18.2 Å². The van der Waals surface area contributed by atoms with E-state index >= 15 is 0 Å². The number of halogens is 1. The third-order valence-electron chi connectivity index (χ3n) is 3.64. The fraction of sp³-hybridized carbons (Fsp3) is 0.500. The molecule has 1 spiro atoms. The number of sulfonamides is 1. The number of hydrogen-bond acceptors (Lipinski definition) is 6. The molecule has 1 aromatic heterocycles. The molecule has 2 saturated heterocycles. The lowest BCUT2D eigenvalue weighted by Gasteiger charge is -2.35. The van der Waals surface area contributed by atoms with Crippen LogP contribution in [0.3, 0.4) is 0 Å². The van der Waals surface area contributed by atoms with Crippen LogP contribution in [-0.4, -0.2) is 48.3 Å². The molecule has 21 heavy (non-hydrogen) atoms. The van der Waals surface area contributed by atoms with Gasteiger partial charge >= 0.3 is 6.03 Å². The van der Waals surface area contributed by atoms with E-state index in [4.69, 9.17) is 11.6 Å². The minimum atomic E-state index is -3.66. The second-order valence-corrected chi connectivity index (χ2v) is 8.60. The largest absolute Gasteiger partial charge is 0.323 e. The maximum atomic E-state index is 12.4. The highest BCUT2D eigenvalue weighted by molar-refractivity contribution is 7.91. The summed E-state index contributed by atoms with van der Waals surface area (Å²) in [4.78, 5) is 26.8. The molecule has 3 heterocycles. The molecule has 0 unspecified atom stereocenters. The molecular formula is C10H11ClN4O4S2. The summed E-state index contributed by atoms with van der Waals surface area (Å²) in [5.74, 6) is -0.398. The third-order valence-corrected chi connectivity index (χ3v) is 7.09. The van der Waals surface area contributed by atoms with Crippen molar-refractivity contribution in [2.45, 2.75) is 22.6 Å². The SMILES string of the molecule is O=C1NC(=O)C2(CCN(S(=O)(=O)c3cnc(Cl)s3)CC2)N1. The van der Waals surface area contributed by atoms with Crippen molar-refractivity contribution in [2.75, 3.05) is 13.1 Å². The molecule has 3 amide bonds. The van der Waals surface area contributed by atoms with Crippen molar-refractivity contribution >= 4 is 44.9 Å². The number of thiazole rings is 1. The smallest absolute Gasteiger partial charge is 0.322 e. The second kappa shape index (κ2) is 4.90. The summed E-state index contributed by atoms with van der Waals surface area (Å²) in [6.07, 6.45) is 1.68. The van der Waals surface area contributed by atoms with Crippen LogP contribution in [-0.2, 0) is 14.8 Å². The van der Waals surface area contributed by atoms with Crippen LogP contribution >= 0.6 is 22.9 Å². The average Bonchev–Trinajstić information content (AvgIpc) is 2.96. The Kier molecular flexibility index (Phi) is 3.43. The van der Waals surface area contributed by atoms with Gasteiger partial charge < -0.3 is 5.32 Å². The van der Waals surface area contributed by atoms with Crippen molar-refractivity contribution in [3.8, 4) is 0 Å². The van der Waals surface area contributed by atoms with E-state index in [1.165, 1.54) is 10.5 Å². The van der Waals surface area contributed by atoms with E-state index in [2.05, 4.69) is 15.6 Å². The Morgan fingerprint density at radius 1 is 1.33 bits per heavy atom. The van der Waals surface area contributed by atoms with Crippen molar-refractivity contribution in [2.24, 2.45) is 0 Å². The maximum Gasteiger partial charge on any atom is 0.322 e. The van der Waals surface area contributed by atoms with E-state index in [1.54, 1.807) is 0 Å². The molecular weight excluding hydrogens is 340 g/mol. The van der Waals surface area contributed by atoms with Crippen LogP contribution in [0.25, 0.3) is 0 Å². The number of amides is 3. The van der Waals surface area contributed by atoms with Crippen molar-refractivity contribution in [3.63, 3.8) is 0 Å². The number of carbonyl (C=O) groups is 2. The lowest BCUT2D eigenvalue weighted by molar-refractivity contribution is -0.125. The quantitative estimate of drug-likeness (QED) is 0.738. The van der Waals surface area contributed by atoms with Crippen LogP contribution in [0.5, 0.6) is 0 Å². The van der Waals surface area contributed by atoms with Gasteiger partial charge in [0.05, 0.1) is 6.20 Å². The van der Waals surface area contributed by atoms with Crippen molar-refractivity contribution in [1.29, 1.82) is 0 Å². The summed E-state index contributed by atoms with van der Waals surface area (Å²) in [6, 6.07) is -0.537. The van der Waals surface area contributed by atoms with E-state index in [1.807, 2.05) is 0 Å². The van der Waals surface area contributed by atoms with Crippen molar-refractivity contribution in [1.82, 2.24) is 19.9 Å². The highest BCUT2D eigenvalue weighted by atomic mass is 35.5. The van der Waals surface area contributed by atoms with Gasteiger partial charge in [-0.2, -0.15) is 4.31 Å². The molecule has 0 aliphatic carbocycles. The predicted molar refractivity (Wildman–Crippen MR) is 74.5 cm³/mol. The first-order valence-corrected chi connectivity index (χ1v) is 8.72. The number of nitrogens with zero attached hydrogens (tertiary/aromatic N) is 2. The Hall–Kier alpha value is -1.23. The maximum absolute atomic E-state index is 12.4. The molecule has 1 aromatic rings. The molecule has 2 aliphatic rings. The topological polar surface area (TPSA) is 108 Å². The van der Waals surface area contributed by atoms with Crippen LogP contribution in [0, 0.1) is 0 Å². The van der Waals surface area contributed by atoms with E-state index in [0.29, 0.717) is 0 Å². The fourth-order valence-corrected chi connectivity index (χ4v) is 5.36. The molecule has 2 fully saturated rings. The van der Waals surface area contributed by atoms with Gasteiger partial charge in [-0.15, -0.1) is 0 Å². The summed E-state index contributed by atoms with van der Waals surface area (Å²) >= 11 is 6.55. The van der Waals surface area contributed by atoms with Gasteiger partial charge in [0.25, 0.3) is 15.9 Å². The minimum Gasteiger partial charge on any atom is -0.323 e. The summed E-state index contributed by atoms with van der Waals surface area (Å²) in [7, 11) is -3.66. The summed E-state index contributed by atoms with van der Waals surface area (Å²) in [6.45, 7) is 0.289. The lowest BCUT2D eigenvalue weighted by Crippen LogP contribution is -2.55. The minimum absolute atomic E-state index is 0.0726. The Balaban J connectivity index is 1.77. The van der Waals surface area contributed by atoms with Crippen LogP contribution < -0.4 is 10.6 Å². The first-order valence-electron chi connectivity index (χ1n) is 6.09. The molecule has 2 N–H and O–H groups in total. The Labute approximate surface area is 129 Å². The lowest BCUT2D eigenvalue weighted by atomic mass is 9.89. The highest BCUT2D eigenvalue weighted by Gasteiger charge is 2.49. The van der Waals surface area contributed by atoms with E-state index < -0.39 is 27.5 Å². The first kappa shape index (κ1) is 14.7. The Morgan fingerprint density at radius 3 is 2.48 bits per heavy atom. The van der Waals surface area contributed by atoms with Gasteiger partial charge in [-0.3, -0.25) is 10.1 Å². The molecule has 0 radical (unpaired) electrons. The molecule has 0 saturated carbocycles.